The minimum Gasteiger partial charge on any atom is -0.348 e. The van der Waals surface area contributed by atoms with Gasteiger partial charge in [0.25, 0.3) is 0 Å². The molecule has 25 heavy (non-hydrogen) atoms. The highest BCUT2D eigenvalue weighted by atomic mass is 15.2. The lowest BCUT2D eigenvalue weighted by Crippen LogP contribution is -2.39. The van der Waals surface area contributed by atoms with Gasteiger partial charge in [0, 0.05) is 42.4 Å². The number of hydrogen-bond acceptors (Lipinski definition) is 3. The summed E-state index contributed by atoms with van der Waals surface area (Å²) in [6.07, 6.45) is 10.4. The molecule has 1 N–H and O–H groups in total. The highest BCUT2D eigenvalue weighted by molar-refractivity contribution is 5.82. The van der Waals surface area contributed by atoms with E-state index in [4.69, 9.17) is 9.97 Å². The minimum absolute atomic E-state index is 0.217. The van der Waals surface area contributed by atoms with Crippen molar-refractivity contribution in [1.29, 1.82) is 0 Å². The van der Waals surface area contributed by atoms with Gasteiger partial charge in [-0.05, 0) is 24.8 Å². The number of imidazole rings is 1. The summed E-state index contributed by atoms with van der Waals surface area (Å²) in [4.78, 5) is 15.5. The van der Waals surface area contributed by atoms with E-state index in [1.54, 1.807) is 0 Å². The van der Waals surface area contributed by atoms with Gasteiger partial charge >= 0.3 is 0 Å². The van der Waals surface area contributed by atoms with E-state index in [9.17, 15) is 0 Å². The predicted molar refractivity (Wildman–Crippen MR) is 99.4 cm³/mol. The molecule has 3 heterocycles. The van der Waals surface area contributed by atoms with Gasteiger partial charge in [-0.25, -0.2) is 4.98 Å². The van der Waals surface area contributed by atoms with E-state index >= 15 is 0 Å². The fourth-order valence-electron chi connectivity index (χ4n) is 4.74. The van der Waals surface area contributed by atoms with Gasteiger partial charge in [0.2, 0.25) is 0 Å². The second-order valence-electron chi connectivity index (χ2n) is 7.49. The smallest absolute Gasteiger partial charge is 0.0926 e. The summed E-state index contributed by atoms with van der Waals surface area (Å²) in [6.45, 7) is 2.28. The zero-order valence-electron chi connectivity index (χ0n) is 14.5. The highest BCUT2D eigenvalue weighted by Gasteiger charge is 2.33. The lowest BCUT2D eigenvalue weighted by atomic mass is 9.92. The molecule has 1 saturated carbocycles. The van der Waals surface area contributed by atoms with Crippen LogP contribution in [0.5, 0.6) is 0 Å². The Hall–Kier alpha value is -2.20. The maximum absolute atomic E-state index is 4.72. The van der Waals surface area contributed by atoms with Crippen LogP contribution in [0.15, 0.2) is 42.9 Å². The number of H-pyrrole nitrogens is 1. The molecule has 1 fully saturated rings. The maximum atomic E-state index is 4.72. The van der Waals surface area contributed by atoms with Crippen molar-refractivity contribution in [1.82, 2.24) is 19.9 Å². The highest BCUT2D eigenvalue weighted by Crippen LogP contribution is 2.38. The van der Waals surface area contributed by atoms with Crippen molar-refractivity contribution >= 4 is 10.9 Å². The van der Waals surface area contributed by atoms with Crippen molar-refractivity contribution in [2.45, 2.75) is 38.1 Å². The predicted octanol–water partition coefficient (Wildman–Crippen LogP) is 4.10. The van der Waals surface area contributed by atoms with Crippen LogP contribution in [0.25, 0.3) is 10.9 Å². The molecule has 4 heteroatoms. The average Bonchev–Trinajstić information content (AvgIpc) is 3.33. The minimum atomic E-state index is 0.217. The molecule has 1 unspecified atom stereocenters. The molecule has 3 aromatic rings. The van der Waals surface area contributed by atoms with Crippen molar-refractivity contribution in [3.8, 4) is 0 Å². The Kier molecular flexibility index (Phi) is 3.78. The average molecular weight is 332 g/mol. The third-order valence-electron chi connectivity index (χ3n) is 5.95. The van der Waals surface area contributed by atoms with Crippen molar-refractivity contribution in [3.05, 3.63) is 59.8 Å². The number of benzene rings is 1. The molecule has 2 aromatic heterocycles. The van der Waals surface area contributed by atoms with E-state index in [2.05, 4.69) is 34.1 Å². The number of rotatable bonds is 3. The van der Waals surface area contributed by atoms with Crippen LogP contribution in [-0.2, 0) is 6.42 Å². The number of nitrogens with zero attached hydrogens (tertiary/aromatic N) is 3. The SMILES string of the molecule is c1cnc2c(C3c4nc[nH]c4CCN3CC3CCCC3)cccc2c1. The zero-order chi connectivity index (χ0) is 16.6. The van der Waals surface area contributed by atoms with Crippen LogP contribution in [-0.4, -0.2) is 32.9 Å². The van der Waals surface area contributed by atoms with E-state index in [0.717, 1.165) is 24.4 Å². The Bertz CT molecular complexity index is 873. The molecule has 128 valence electrons. The maximum Gasteiger partial charge on any atom is 0.0926 e. The fourth-order valence-corrected chi connectivity index (χ4v) is 4.74. The molecule has 1 aliphatic carbocycles. The van der Waals surface area contributed by atoms with Gasteiger partial charge in [-0.3, -0.25) is 9.88 Å². The van der Waals surface area contributed by atoms with E-state index < -0.39 is 0 Å². The first-order chi connectivity index (χ1) is 12.4. The number of aromatic nitrogens is 3. The molecule has 0 bridgehead atoms. The molecule has 0 amide bonds. The molecule has 1 aromatic carbocycles. The van der Waals surface area contributed by atoms with Gasteiger partial charge < -0.3 is 4.98 Å². The van der Waals surface area contributed by atoms with Crippen LogP contribution in [0.2, 0.25) is 0 Å². The van der Waals surface area contributed by atoms with Crippen LogP contribution in [0.3, 0.4) is 0 Å². The first kappa shape index (κ1) is 15.1. The van der Waals surface area contributed by atoms with Gasteiger partial charge in [-0.15, -0.1) is 0 Å². The molecule has 0 saturated heterocycles. The Morgan fingerprint density at radius 1 is 1.08 bits per heavy atom. The van der Waals surface area contributed by atoms with Crippen LogP contribution >= 0.6 is 0 Å². The van der Waals surface area contributed by atoms with Gasteiger partial charge in [-0.1, -0.05) is 37.1 Å². The third kappa shape index (κ3) is 2.65. The van der Waals surface area contributed by atoms with Crippen molar-refractivity contribution < 1.29 is 0 Å². The van der Waals surface area contributed by atoms with Crippen LogP contribution < -0.4 is 0 Å². The summed E-state index contributed by atoms with van der Waals surface area (Å²) in [6, 6.07) is 10.9. The largest absolute Gasteiger partial charge is 0.348 e. The van der Waals surface area contributed by atoms with E-state index in [-0.39, 0.29) is 6.04 Å². The summed E-state index contributed by atoms with van der Waals surface area (Å²) in [5, 5.41) is 1.21. The van der Waals surface area contributed by atoms with E-state index in [1.807, 2.05) is 18.6 Å². The standard InChI is InChI=1S/C21H24N4/c1-2-6-15(5-1)13-25-12-10-18-20(24-14-23-18)21(25)17-9-3-7-16-8-4-11-22-19(16)17/h3-4,7-9,11,14-15,21H,1-2,5-6,10,12-13H2,(H,23,24). The summed E-state index contributed by atoms with van der Waals surface area (Å²) in [5.74, 6) is 0.839. The Balaban J connectivity index is 1.61. The number of hydrogen-bond donors (Lipinski definition) is 1. The zero-order valence-corrected chi connectivity index (χ0v) is 14.5. The second kappa shape index (κ2) is 6.26. The molecule has 4 nitrogen and oxygen atoms in total. The molecule has 1 aliphatic heterocycles. The number of para-hydroxylation sites is 1. The van der Waals surface area contributed by atoms with Crippen molar-refractivity contribution in [3.63, 3.8) is 0 Å². The summed E-state index contributed by atoms with van der Waals surface area (Å²) in [5.41, 5.74) is 4.90. The molecular formula is C21H24N4. The van der Waals surface area contributed by atoms with Crippen LogP contribution in [0.4, 0.5) is 0 Å². The first-order valence-electron chi connectivity index (χ1n) is 9.50. The van der Waals surface area contributed by atoms with Crippen LogP contribution in [0, 0.1) is 5.92 Å². The Morgan fingerprint density at radius 3 is 2.88 bits per heavy atom. The Labute approximate surface area is 148 Å². The molecular weight excluding hydrogens is 308 g/mol. The van der Waals surface area contributed by atoms with E-state index in [0.29, 0.717) is 0 Å². The number of fused-ring (bicyclic) bond motifs is 2. The molecule has 0 spiro atoms. The third-order valence-corrected chi connectivity index (χ3v) is 5.95. The van der Waals surface area contributed by atoms with Crippen LogP contribution in [0.1, 0.15) is 48.7 Å². The normalized spacial score (nSPS) is 21.7. The Morgan fingerprint density at radius 2 is 1.96 bits per heavy atom. The molecule has 5 rings (SSSR count). The molecule has 2 aliphatic rings. The number of nitrogens with one attached hydrogen (secondary N) is 1. The van der Waals surface area contributed by atoms with Crippen molar-refractivity contribution in [2.75, 3.05) is 13.1 Å². The number of aromatic amines is 1. The monoisotopic (exact) mass is 332 g/mol. The fraction of sp³-hybridized carbons (Fsp3) is 0.429. The van der Waals surface area contributed by atoms with Gasteiger partial charge in [-0.2, -0.15) is 0 Å². The molecule has 1 atom stereocenters. The van der Waals surface area contributed by atoms with Crippen molar-refractivity contribution in [2.24, 2.45) is 5.92 Å². The van der Waals surface area contributed by atoms with E-state index in [1.165, 1.54) is 54.6 Å². The van der Waals surface area contributed by atoms with Gasteiger partial charge in [0.1, 0.15) is 0 Å². The van der Waals surface area contributed by atoms with Gasteiger partial charge in [0.15, 0.2) is 0 Å². The van der Waals surface area contributed by atoms with Gasteiger partial charge in [0.05, 0.1) is 23.6 Å². The lowest BCUT2D eigenvalue weighted by Gasteiger charge is -2.37. The number of pyridine rings is 1. The summed E-state index contributed by atoms with van der Waals surface area (Å²) in [7, 11) is 0. The topological polar surface area (TPSA) is 44.8 Å². The lowest BCUT2D eigenvalue weighted by molar-refractivity contribution is 0.178. The summed E-state index contributed by atoms with van der Waals surface area (Å²) >= 11 is 0. The summed E-state index contributed by atoms with van der Waals surface area (Å²) < 4.78 is 0. The quantitative estimate of drug-likeness (QED) is 0.785. The second-order valence-corrected chi connectivity index (χ2v) is 7.49. The molecule has 0 radical (unpaired) electrons. The first-order valence-corrected chi connectivity index (χ1v) is 9.50.